The van der Waals surface area contributed by atoms with Gasteiger partial charge in [-0.05, 0) is 48.5 Å². The van der Waals surface area contributed by atoms with Crippen molar-refractivity contribution >= 4 is 22.8 Å². The number of rotatable bonds is 4. The second-order valence-corrected chi connectivity index (χ2v) is 6.04. The monoisotopic (exact) mass is 382 g/mol. The number of carbonyl (C=O) groups excluding carboxylic acids is 1. The quantitative estimate of drug-likeness (QED) is 0.503. The molecule has 0 bridgehead atoms. The number of aromatic amines is 1. The van der Waals surface area contributed by atoms with Crippen molar-refractivity contribution in [2.24, 2.45) is 5.73 Å². The zero-order valence-electron chi connectivity index (χ0n) is 14.1. The van der Waals surface area contributed by atoms with Gasteiger partial charge < -0.3 is 10.8 Å². The summed E-state index contributed by atoms with van der Waals surface area (Å²) in [6, 6.07) is 10.3. The number of hydrogen-bond donors (Lipinski definition) is 3. The molecule has 7 nitrogen and oxygen atoms in total. The van der Waals surface area contributed by atoms with Crippen molar-refractivity contribution in [3.63, 3.8) is 0 Å². The van der Waals surface area contributed by atoms with E-state index in [-0.39, 0.29) is 22.6 Å². The summed E-state index contributed by atoms with van der Waals surface area (Å²) in [4.78, 5) is 22.9. The third-order valence-electron chi connectivity index (χ3n) is 4.34. The molecule has 2 aromatic heterocycles. The predicted molar refractivity (Wildman–Crippen MR) is 96.2 cm³/mol. The van der Waals surface area contributed by atoms with Crippen molar-refractivity contribution in [2.75, 3.05) is 0 Å². The number of nitrogens with two attached hydrogens (primary N) is 1. The highest BCUT2D eigenvalue weighted by atomic mass is 19.1. The lowest BCUT2D eigenvalue weighted by Gasteiger charge is -2.12. The molecule has 0 aliphatic heterocycles. The zero-order valence-corrected chi connectivity index (χ0v) is 14.1. The molecule has 0 atom stereocenters. The summed E-state index contributed by atoms with van der Waals surface area (Å²) < 4.78 is 29.3. The number of aromatic carboxylic acids is 1. The maximum atomic E-state index is 14.7. The van der Waals surface area contributed by atoms with Crippen molar-refractivity contribution < 1.29 is 23.5 Å². The fraction of sp³-hybridized carbons (Fsp3) is 0. The van der Waals surface area contributed by atoms with Crippen LogP contribution in [-0.2, 0) is 0 Å². The maximum absolute atomic E-state index is 14.7. The molecule has 2 aromatic carbocycles. The molecule has 0 saturated heterocycles. The van der Waals surface area contributed by atoms with Gasteiger partial charge in [-0.3, -0.25) is 14.5 Å². The van der Waals surface area contributed by atoms with Crippen LogP contribution in [0.3, 0.4) is 0 Å². The normalized spacial score (nSPS) is 11.1. The lowest BCUT2D eigenvalue weighted by atomic mass is 10.1. The topological polar surface area (TPSA) is 114 Å². The maximum Gasteiger partial charge on any atom is 0.352 e. The van der Waals surface area contributed by atoms with Crippen molar-refractivity contribution in [1.29, 1.82) is 0 Å². The van der Waals surface area contributed by atoms with E-state index in [1.165, 1.54) is 47.0 Å². The van der Waals surface area contributed by atoms with E-state index in [0.717, 1.165) is 6.07 Å². The van der Waals surface area contributed by atoms with Crippen molar-refractivity contribution in [1.82, 2.24) is 14.8 Å². The number of amides is 1. The zero-order chi connectivity index (χ0) is 20.0. The summed E-state index contributed by atoms with van der Waals surface area (Å²) in [5.74, 6) is -3.38. The average Bonchev–Trinajstić information content (AvgIpc) is 3.24. The fourth-order valence-electron chi connectivity index (χ4n) is 3.08. The Hall–Kier alpha value is -4.01. The minimum Gasteiger partial charge on any atom is -0.477 e. The lowest BCUT2D eigenvalue weighted by Crippen LogP contribution is -2.13. The molecule has 4 N–H and O–H groups in total. The van der Waals surface area contributed by atoms with Crippen LogP contribution in [0, 0.1) is 11.6 Å². The summed E-state index contributed by atoms with van der Waals surface area (Å²) in [5.41, 5.74) is 5.81. The van der Waals surface area contributed by atoms with E-state index in [9.17, 15) is 23.5 Å². The number of benzene rings is 2. The Labute approximate surface area is 156 Å². The minimum absolute atomic E-state index is 0.0486. The predicted octanol–water partition coefficient (Wildman–Crippen LogP) is 3.10. The molecule has 28 heavy (non-hydrogen) atoms. The van der Waals surface area contributed by atoms with Crippen LogP contribution in [0.2, 0.25) is 0 Å². The van der Waals surface area contributed by atoms with Gasteiger partial charge in [0.15, 0.2) is 0 Å². The van der Waals surface area contributed by atoms with Gasteiger partial charge in [0, 0.05) is 10.9 Å². The average molecular weight is 382 g/mol. The lowest BCUT2D eigenvalue weighted by molar-refractivity contribution is 0.0688. The van der Waals surface area contributed by atoms with Crippen molar-refractivity contribution in [3.05, 3.63) is 71.4 Å². The van der Waals surface area contributed by atoms with Crippen LogP contribution >= 0.6 is 0 Å². The number of halogens is 2. The van der Waals surface area contributed by atoms with Crippen LogP contribution in [0.5, 0.6) is 0 Å². The van der Waals surface area contributed by atoms with Crippen molar-refractivity contribution in [3.8, 4) is 17.1 Å². The summed E-state index contributed by atoms with van der Waals surface area (Å²) in [6.07, 6.45) is 0. The highest BCUT2D eigenvalue weighted by Gasteiger charge is 2.22. The highest BCUT2D eigenvalue weighted by molar-refractivity contribution is 5.95. The number of aromatic nitrogens is 3. The number of nitrogens with zero attached hydrogens (tertiary/aromatic N) is 2. The Bertz CT molecular complexity index is 1260. The van der Waals surface area contributed by atoms with E-state index in [1.54, 1.807) is 0 Å². The standard InChI is InChI=1S/C19H12F2N4O3/c20-10-2-3-11-13(8-10)23-24-17(11)15-5-6-16(19(27)28)25(15)14-4-1-9(18(22)26)7-12(14)21/h1-8H,(H2,22,26)(H,23,24)(H,27,28). The molecule has 140 valence electrons. The molecule has 0 fully saturated rings. The van der Waals surface area contributed by atoms with E-state index >= 15 is 0 Å². The molecule has 0 saturated carbocycles. The van der Waals surface area contributed by atoms with Gasteiger partial charge in [0.25, 0.3) is 0 Å². The number of carboxylic acids is 1. The molecule has 0 aliphatic carbocycles. The molecular weight excluding hydrogens is 370 g/mol. The Kier molecular flexibility index (Phi) is 3.92. The Morgan fingerprint density at radius 2 is 1.86 bits per heavy atom. The second-order valence-electron chi connectivity index (χ2n) is 6.04. The summed E-state index contributed by atoms with van der Waals surface area (Å²) in [6.45, 7) is 0. The number of H-pyrrole nitrogens is 1. The van der Waals surface area contributed by atoms with E-state index in [0.29, 0.717) is 16.6 Å². The highest BCUT2D eigenvalue weighted by Crippen LogP contribution is 2.32. The number of carbonyl (C=O) groups is 2. The van der Waals surface area contributed by atoms with Crippen LogP contribution in [0.4, 0.5) is 8.78 Å². The van der Waals surface area contributed by atoms with Gasteiger partial charge in [-0.2, -0.15) is 5.10 Å². The molecule has 4 rings (SSSR count). The van der Waals surface area contributed by atoms with Gasteiger partial charge in [-0.1, -0.05) is 0 Å². The third kappa shape index (κ3) is 2.69. The summed E-state index contributed by atoms with van der Waals surface area (Å²) in [7, 11) is 0. The van der Waals surface area contributed by atoms with Gasteiger partial charge >= 0.3 is 5.97 Å². The van der Waals surface area contributed by atoms with Gasteiger partial charge in [-0.15, -0.1) is 0 Å². The minimum atomic E-state index is -1.28. The molecule has 4 aromatic rings. The Morgan fingerprint density at radius 3 is 2.54 bits per heavy atom. The van der Waals surface area contributed by atoms with E-state index in [4.69, 9.17) is 5.73 Å². The smallest absolute Gasteiger partial charge is 0.352 e. The molecule has 0 unspecified atom stereocenters. The largest absolute Gasteiger partial charge is 0.477 e. The van der Waals surface area contributed by atoms with E-state index < -0.39 is 23.5 Å². The molecule has 9 heteroatoms. The van der Waals surface area contributed by atoms with Gasteiger partial charge in [-0.25, -0.2) is 13.6 Å². The molecule has 0 radical (unpaired) electrons. The molecular formula is C19H12F2N4O3. The fourth-order valence-corrected chi connectivity index (χ4v) is 3.08. The van der Waals surface area contributed by atoms with Crippen LogP contribution in [0.15, 0.2) is 48.5 Å². The first-order valence-corrected chi connectivity index (χ1v) is 8.05. The first-order chi connectivity index (χ1) is 13.4. The van der Waals surface area contributed by atoms with Crippen molar-refractivity contribution in [2.45, 2.75) is 0 Å². The van der Waals surface area contributed by atoms with Crippen LogP contribution in [0.25, 0.3) is 28.0 Å². The molecule has 2 heterocycles. The van der Waals surface area contributed by atoms with Gasteiger partial charge in [0.2, 0.25) is 5.91 Å². The van der Waals surface area contributed by atoms with E-state index in [1.807, 2.05) is 0 Å². The first-order valence-electron chi connectivity index (χ1n) is 8.05. The molecule has 0 aliphatic rings. The van der Waals surface area contributed by atoms with E-state index in [2.05, 4.69) is 10.2 Å². The number of fused-ring (bicyclic) bond motifs is 1. The van der Waals surface area contributed by atoms with Gasteiger partial charge in [0.1, 0.15) is 23.0 Å². The number of hydrogen-bond acceptors (Lipinski definition) is 3. The number of primary amides is 1. The molecule has 0 spiro atoms. The first kappa shape index (κ1) is 17.4. The van der Waals surface area contributed by atoms with Crippen LogP contribution in [0.1, 0.15) is 20.8 Å². The summed E-state index contributed by atoms with van der Waals surface area (Å²) >= 11 is 0. The Morgan fingerprint density at radius 1 is 1.07 bits per heavy atom. The Balaban J connectivity index is 1.98. The van der Waals surface area contributed by atoms with Crippen LogP contribution < -0.4 is 5.73 Å². The van der Waals surface area contributed by atoms with Crippen LogP contribution in [-0.4, -0.2) is 31.7 Å². The number of nitrogens with one attached hydrogen (secondary N) is 1. The second kappa shape index (κ2) is 6.31. The molecule has 1 amide bonds. The van der Waals surface area contributed by atoms with Gasteiger partial charge in [0.05, 0.1) is 16.9 Å². The SMILES string of the molecule is NC(=O)c1ccc(-n2c(C(=O)O)ccc2-c2n[nH]c3cc(F)ccc23)c(F)c1. The third-order valence-corrected chi connectivity index (χ3v) is 4.34. The summed E-state index contributed by atoms with van der Waals surface area (Å²) in [5, 5.41) is 16.9. The number of carboxylic acid groups (broad SMARTS) is 1.